The van der Waals surface area contributed by atoms with Gasteiger partial charge in [0, 0.05) is 58.0 Å². The highest BCUT2D eigenvalue weighted by molar-refractivity contribution is 5.96. The van der Waals surface area contributed by atoms with Crippen molar-refractivity contribution in [2.24, 2.45) is 0 Å². The number of carbonyl (C=O) groups is 1. The Bertz CT molecular complexity index is 696. The first-order valence-electron chi connectivity index (χ1n) is 11.2. The summed E-state index contributed by atoms with van der Waals surface area (Å²) in [7, 11) is 0. The van der Waals surface area contributed by atoms with Crippen molar-refractivity contribution in [1.29, 1.82) is 0 Å². The van der Waals surface area contributed by atoms with Gasteiger partial charge >= 0.3 is 0 Å². The number of carbonyl (C=O) groups excluding carboxylic acids is 1. The van der Waals surface area contributed by atoms with Crippen molar-refractivity contribution in [3.8, 4) is 0 Å². The topological polar surface area (TPSA) is 62.1 Å². The molecular formula is C22H36N4O3. The van der Waals surface area contributed by atoms with Crippen molar-refractivity contribution < 1.29 is 14.1 Å². The van der Waals surface area contributed by atoms with Crippen LogP contribution in [0.1, 0.15) is 61.3 Å². The van der Waals surface area contributed by atoms with Gasteiger partial charge in [-0.1, -0.05) is 5.16 Å². The van der Waals surface area contributed by atoms with Crippen molar-refractivity contribution in [2.45, 2.75) is 71.1 Å². The van der Waals surface area contributed by atoms with E-state index in [1.807, 2.05) is 18.7 Å². The molecule has 0 radical (unpaired) electrons. The summed E-state index contributed by atoms with van der Waals surface area (Å²) in [6, 6.07) is 1.25. The van der Waals surface area contributed by atoms with Crippen LogP contribution in [0.15, 0.2) is 4.52 Å². The second-order valence-electron chi connectivity index (χ2n) is 9.34. The number of aryl methyl sites for hydroxylation is 2. The Hall–Kier alpha value is -1.44. The molecule has 1 spiro atoms. The Balaban J connectivity index is 1.34. The molecule has 0 aliphatic carbocycles. The van der Waals surface area contributed by atoms with Crippen LogP contribution in [-0.2, 0) is 4.74 Å². The Kier molecular flexibility index (Phi) is 6.00. The van der Waals surface area contributed by atoms with E-state index in [-0.39, 0.29) is 11.5 Å². The van der Waals surface area contributed by atoms with Gasteiger partial charge in [-0.2, -0.15) is 0 Å². The summed E-state index contributed by atoms with van der Waals surface area (Å²) in [6.45, 7) is 15.2. The SMILES string of the molecule is Cc1noc(C)c1C(=O)N1CCC2(CC1)CC(N1CCN(C(C)C)CC1)CCO2. The molecule has 1 amide bonds. The summed E-state index contributed by atoms with van der Waals surface area (Å²) in [5.41, 5.74) is 1.25. The molecule has 4 rings (SSSR count). The lowest BCUT2D eigenvalue weighted by molar-refractivity contribution is -0.132. The zero-order valence-electron chi connectivity index (χ0n) is 18.4. The van der Waals surface area contributed by atoms with Gasteiger partial charge in [-0.05, 0) is 53.4 Å². The predicted octanol–water partition coefficient (Wildman–Crippen LogP) is 2.47. The fourth-order valence-electron chi connectivity index (χ4n) is 5.34. The summed E-state index contributed by atoms with van der Waals surface area (Å²) in [6.07, 6.45) is 4.07. The lowest BCUT2D eigenvalue weighted by Gasteiger charge is -2.50. The van der Waals surface area contributed by atoms with E-state index in [1.54, 1.807) is 0 Å². The van der Waals surface area contributed by atoms with Crippen LogP contribution in [0.3, 0.4) is 0 Å². The van der Waals surface area contributed by atoms with E-state index < -0.39 is 0 Å². The highest BCUT2D eigenvalue weighted by atomic mass is 16.5. The van der Waals surface area contributed by atoms with Crippen LogP contribution in [-0.4, -0.2) is 89.3 Å². The Morgan fingerprint density at radius 2 is 1.79 bits per heavy atom. The first-order valence-corrected chi connectivity index (χ1v) is 11.2. The van der Waals surface area contributed by atoms with E-state index in [4.69, 9.17) is 9.26 Å². The minimum atomic E-state index is -0.0619. The largest absolute Gasteiger partial charge is 0.375 e. The molecule has 1 aromatic rings. The second-order valence-corrected chi connectivity index (χ2v) is 9.34. The fraction of sp³-hybridized carbons (Fsp3) is 0.818. The third-order valence-corrected chi connectivity index (χ3v) is 7.27. The zero-order valence-corrected chi connectivity index (χ0v) is 18.4. The van der Waals surface area contributed by atoms with Gasteiger partial charge in [0.05, 0.1) is 11.3 Å². The minimum absolute atomic E-state index is 0.0493. The summed E-state index contributed by atoms with van der Waals surface area (Å²) in [5, 5.41) is 3.94. The van der Waals surface area contributed by atoms with Gasteiger partial charge in [0.1, 0.15) is 11.3 Å². The van der Waals surface area contributed by atoms with Gasteiger partial charge in [0.2, 0.25) is 0 Å². The molecular weight excluding hydrogens is 368 g/mol. The summed E-state index contributed by atoms with van der Waals surface area (Å²) in [4.78, 5) is 20.2. The van der Waals surface area contributed by atoms with E-state index in [2.05, 4.69) is 28.8 Å². The summed E-state index contributed by atoms with van der Waals surface area (Å²) >= 11 is 0. The first-order chi connectivity index (χ1) is 13.9. The van der Waals surface area contributed by atoms with Gasteiger partial charge in [-0.25, -0.2) is 0 Å². The molecule has 4 heterocycles. The molecule has 3 aliphatic rings. The summed E-state index contributed by atoms with van der Waals surface area (Å²) in [5.74, 6) is 0.663. The molecule has 3 saturated heterocycles. The molecule has 1 unspecified atom stereocenters. The van der Waals surface area contributed by atoms with E-state index in [9.17, 15) is 4.79 Å². The smallest absolute Gasteiger partial charge is 0.259 e. The van der Waals surface area contributed by atoms with Crippen LogP contribution in [0.4, 0.5) is 0 Å². The number of piperidine rings is 1. The van der Waals surface area contributed by atoms with Crippen molar-refractivity contribution in [3.05, 3.63) is 17.0 Å². The molecule has 0 aromatic carbocycles. The number of rotatable bonds is 3. The molecule has 1 atom stereocenters. The molecule has 1 aromatic heterocycles. The quantitative estimate of drug-likeness (QED) is 0.771. The van der Waals surface area contributed by atoms with Gasteiger partial charge in [-0.3, -0.25) is 14.6 Å². The monoisotopic (exact) mass is 404 g/mol. The Labute approximate surface area is 174 Å². The number of aromatic nitrogens is 1. The molecule has 7 nitrogen and oxygen atoms in total. The predicted molar refractivity (Wildman–Crippen MR) is 111 cm³/mol. The van der Waals surface area contributed by atoms with E-state index >= 15 is 0 Å². The number of piperazine rings is 1. The number of amides is 1. The maximum atomic E-state index is 12.9. The number of nitrogens with zero attached hydrogens (tertiary/aromatic N) is 4. The van der Waals surface area contributed by atoms with Crippen LogP contribution in [0, 0.1) is 13.8 Å². The highest BCUT2D eigenvalue weighted by Crippen LogP contribution is 2.37. The second kappa shape index (κ2) is 8.36. The van der Waals surface area contributed by atoms with Gasteiger partial charge < -0.3 is 14.2 Å². The molecule has 3 fully saturated rings. The third-order valence-electron chi connectivity index (χ3n) is 7.27. The van der Waals surface area contributed by atoms with Gasteiger partial charge in [-0.15, -0.1) is 0 Å². The average molecular weight is 405 g/mol. The highest BCUT2D eigenvalue weighted by Gasteiger charge is 2.43. The maximum Gasteiger partial charge on any atom is 0.259 e. The van der Waals surface area contributed by atoms with Crippen LogP contribution in [0.2, 0.25) is 0 Å². The number of hydrogen-bond donors (Lipinski definition) is 0. The Morgan fingerprint density at radius 3 is 2.38 bits per heavy atom. The number of ether oxygens (including phenoxy) is 1. The van der Waals surface area contributed by atoms with Crippen LogP contribution in [0.5, 0.6) is 0 Å². The van der Waals surface area contributed by atoms with E-state index in [1.165, 1.54) is 13.1 Å². The fourth-order valence-corrected chi connectivity index (χ4v) is 5.34. The van der Waals surface area contributed by atoms with Gasteiger partial charge in [0.15, 0.2) is 0 Å². The van der Waals surface area contributed by atoms with E-state index in [0.29, 0.717) is 29.1 Å². The van der Waals surface area contributed by atoms with E-state index in [0.717, 1.165) is 58.5 Å². The number of hydrogen-bond acceptors (Lipinski definition) is 6. The van der Waals surface area contributed by atoms with Crippen molar-refractivity contribution in [1.82, 2.24) is 19.9 Å². The van der Waals surface area contributed by atoms with Crippen molar-refractivity contribution >= 4 is 5.91 Å². The molecule has 29 heavy (non-hydrogen) atoms. The molecule has 0 N–H and O–H groups in total. The summed E-state index contributed by atoms with van der Waals surface area (Å²) < 4.78 is 11.5. The lowest BCUT2D eigenvalue weighted by atomic mass is 9.81. The van der Waals surface area contributed by atoms with Crippen LogP contribution >= 0.6 is 0 Å². The normalized spacial score (nSPS) is 26.4. The van der Waals surface area contributed by atoms with Crippen molar-refractivity contribution in [2.75, 3.05) is 45.9 Å². The van der Waals surface area contributed by atoms with Crippen LogP contribution in [0.25, 0.3) is 0 Å². The molecule has 3 aliphatic heterocycles. The molecule has 162 valence electrons. The average Bonchev–Trinajstić information content (AvgIpc) is 3.06. The zero-order chi connectivity index (χ0) is 20.6. The van der Waals surface area contributed by atoms with Gasteiger partial charge in [0.25, 0.3) is 5.91 Å². The Morgan fingerprint density at radius 1 is 1.10 bits per heavy atom. The van der Waals surface area contributed by atoms with Crippen LogP contribution < -0.4 is 0 Å². The molecule has 7 heteroatoms. The molecule has 0 saturated carbocycles. The molecule has 0 bridgehead atoms. The maximum absolute atomic E-state index is 12.9. The third kappa shape index (κ3) is 4.23. The minimum Gasteiger partial charge on any atom is -0.375 e. The lowest BCUT2D eigenvalue weighted by Crippen LogP contribution is -2.58. The standard InChI is InChI=1S/C22H36N4O3/c1-16(2)24-10-12-25(13-11-24)19-5-14-28-22(15-19)6-8-26(9-7-22)21(27)20-17(3)23-29-18(20)4/h16,19H,5-15H2,1-4H3. The first kappa shape index (κ1) is 20.8. The number of likely N-dealkylation sites (tertiary alicyclic amines) is 1. The van der Waals surface area contributed by atoms with Crippen molar-refractivity contribution in [3.63, 3.8) is 0 Å².